The van der Waals surface area contributed by atoms with E-state index in [0.717, 1.165) is 14.3 Å². The normalized spacial score (nSPS) is 17.3. The number of rotatable bonds is 7. The summed E-state index contributed by atoms with van der Waals surface area (Å²) in [7, 11) is 0. The Bertz CT molecular complexity index is 805. The van der Waals surface area contributed by atoms with E-state index >= 15 is 0 Å². The molecule has 0 bridgehead atoms. The van der Waals surface area contributed by atoms with Gasteiger partial charge in [0.2, 0.25) is 0 Å². The highest BCUT2D eigenvalue weighted by Crippen LogP contribution is 2.35. The Labute approximate surface area is 183 Å². The minimum absolute atomic E-state index is 0.0305. The predicted molar refractivity (Wildman–Crippen MR) is 121 cm³/mol. The lowest BCUT2D eigenvalue weighted by atomic mass is 10.2. The maximum Gasteiger partial charge on any atom is 0.344 e. The van der Waals surface area contributed by atoms with Gasteiger partial charge in [0.15, 0.2) is 11.8 Å². The molecule has 28 heavy (non-hydrogen) atoms. The second-order valence-corrected chi connectivity index (χ2v) is 8.84. The number of hydrogen-bond acceptors (Lipinski definition) is 6. The average molecular weight is 516 g/mol. The van der Waals surface area contributed by atoms with Gasteiger partial charge in [-0.25, -0.2) is 4.79 Å². The number of nitrogens with zero attached hydrogens (tertiary/aromatic N) is 2. The second kappa shape index (κ2) is 10.3. The van der Waals surface area contributed by atoms with Crippen molar-refractivity contribution in [3.63, 3.8) is 0 Å². The molecule has 1 saturated heterocycles. The van der Waals surface area contributed by atoms with Crippen molar-refractivity contribution in [2.24, 2.45) is 4.99 Å². The van der Waals surface area contributed by atoms with Gasteiger partial charge in [-0.15, -0.1) is 0 Å². The van der Waals surface area contributed by atoms with E-state index in [2.05, 4.69) is 27.6 Å². The Morgan fingerprint density at radius 1 is 1.32 bits per heavy atom. The minimum Gasteiger partial charge on any atom is -0.481 e. The molecule has 1 aliphatic rings. The molecule has 1 amide bonds. The van der Waals surface area contributed by atoms with E-state index in [0.29, 0.717) is 17.3 Å². The summed E-state index contributed by atoms with van der Waals surface area (Å²) in [5.41, 5.74) is 0.887. The van der Waals surface area contributed by atoms with Crippen LogP contribution in [0.4, 0.5) is 0 Å². The van der Waals surface area contributed by atoms with Crippen LogP contribution in [0.25, 0.3) is 6.08 Å². The van der Waals surface area contributed by atoms with Crippen molar-refractivity contribution in [1.82, 2.24) is 4.90 Å². The van der Waals surface area contributed by atoms with E-state index in [1.807, 2.05) is 45.9 Å². The highest BCUT2D eigenvalue weighted by Gasteiger charge is 2.35. The number of carbonyl (C=O) groups excluding carboxylic acids is 2. The third-order valence-electron chi connectivity index (χ3n) is 3.63. The summed E-state index contributed by atoms with van der Waals surface area (Å²) in [5.74, 6) is 0.173. The standard InChI is InChI=1S/C20H25IN2O4S/c1-6-26-18(24)11-27-16-8-7-14(9-15(16)21)10-17-19(25)23(13(4)5)20(28-17)22-12(2)3/h7-10,12-13H,6,11H2,1-5H3/b17-10+,22-20?. The molecule has 0 saturated carbocycles. The Morgan fingerprint density at radius 3 is 2.61 bits per heavy atom. The first-order valence-corrected chi connectivity index (χ1v) is 11.0. The summed E-state index contributed by atoms with van der Waals surface area (Å²) in [5, 5.41) is 0.741. The van der Waals surface area contributed by atoms with E-state index in [9.17, 15) is 9.59 Å². The van der Waals surface area contributed by atoms with Crippen LogP contribution >= 0.6 is 34.4 Å². The van der Waals surface area contributed by atoms with Crippen LogP contribution in [0.3, 0.4) is 0 Å². The second-order valence-electron chi connectivity index (χ2n) is 6.67. The molecule has 1 aliphatic heterocycles. The molecule has 0 unspecified atom stereocenters. The molecule has 8 heteroatoms. The largest absolute Gasteiger partial charge is 0.481 e. The van der Waals surface area contributed by atoms with Crippen molar-refractivity contribution in [3.05, 3.63) is 32.2 Å². The van der Waals surface area contributed by atoms with Gasteiger partial charge in [0, 0.05) is 12.1 Å². The van der Waals surface area contributed by atoms with Gasteiger partial charge in [-0.05, 0) is 92.7 Å². The molecule has 0 aliphatic carbocycles. The van der Waals surface area contributed by atoms with Crippen LogP contribution in [0, 0.1) is 3.57 Å². The maximum absolute atomic E-state index is 12.8. The highest BCUT2D eigenvalue weighted by atomic mass is 127. The van der Waals surface area contributed by atoms with Crippen LogP contribution in [0.2, 0.25) is 0 Å². The summed E-state index contributed by atoms with van der Waals surface area (Å²) in [4.78, 5) is 31.2. The van der Waals surface area contributed by atoms with Crippen molar-refractivity contribution < 1.29 is 19.1 Å². The van der Waals surface area contributed by atoms with Gasteiger partial charge in [0.05, 0.1) is 15.1 Å². The first-order chi connectivity index (χ1) is 13.2. The van der Waals surface area contributed by atoms with Gasteiger partial charge in [-0.2, -0.15) is 0 Å². The summed E-state index contributed by atoms with van der Waals surface area (Å²) in [6.45, 7) is 9.91. The third kappa shape index (κ3) is 5.97. The zero-order chi connectivity index (χ0) is 20.8. The summed E-state index contributed by atoms with van der Waals surface area (Å²) in [6, 6.07) is 5.73. The molecule has 1 heterocycles. The first kappa shape index (κ1) is 22.7. The van der Waals surface area contributed by atoms with Crippen molar-refractivity contribution in [3.8, 4) is 5.75 Å². The van der Waals surface area contributed by atoms with E-state index in [4.69, 9.17) is 9.47 Å². The molecule has 0 radical (unpaired) electrons. The Balaban J connectivity index is 2.19. The maximum atomic E-state index is 12.8. The van der Waals surface area contributed by atoms with Crippen LogP contribution in [-0.2, 0) is 14.3 Å². The van der Waals surface area contributed by atoms with Crippen LogP contribution in [0.5, 0.6) is 5.75 Å². The van der Waals surface area contributed by atoms with Crippen molar-refractivity contribution in [2.45, 2.75) is 46.7 Å². The van der Waals surface area contributed by atoms with Crippen LogP contribution in [0.1, 0.15) is 40.2 Å². The van der Waals surface area contributed by atoms with Gasteiger partial charge in [0.25, 0.3) is 5.91 Å². The number of thioether (sulfide) groups is 1. The van der Waals surface area contributed by atoms with Crippen molar-refractivity contribution >= 4 is 57.5 Å². The molecule has 6 nitrogen and oxygen atoms in total. The SMILES string of the molecule is CCOC(=O)COc1ccc(/C=C2/SC(=NC(C)C)N(C(C)C)C2=O)cc1I. The summed E-state index contributed by atoms with van der Waals surface area (Å²) < 4.78 is 11.2. The number of halogens is 1. The van der Waals surface area contributed by atoms with Gasteiger partial charge < -0.3 is 9.47 Å². The molecule has 1 aromatic carbocycles. The zero-order valence-corrected chi connectivity index (χ0v) is 19.7. The molecular formula is C20H25IN2O4S. The third-order valence-corrected chi connectivity index (χ3v) is 5.47. The fourth-order valence-electron chi connectivity index (χ4n) is 2.47. The zero-order valence-electron chi connectivity index (χ0n) is 16.7. The molecule has 1 aromatic rings. The van der Waals surface area contributed by atoms with Gasteiger partial charge in [-0.1, -0.05) is 6.07 Å². The average Bonchev–Trinajstić information content (AvgIpc) is 2.89. The number of esters is 1. The van der Waals surface area contributed by atoms with Crippen molar-refractivity contribution in [1.29, 1.82) is 0 Å². The Hall–Kier alpha value is -1.55. The molecule has 0 N–H and O–H groups in total. The fraction of sp³-hybridized carbons (Fsp3) is 0.450. The predicted octanol–water partition coefficient (Wildman–Crippen LogP) is 4.32. The molecule has 0 aromatic heterocycles. The number of carbonyl (C=O) groups is 2. The van der Waals surface area contributed by atoms with Gasteiger partial charge in [0.1, 0.15) is 5.75 Å². The lowest BCUT2D eigenvalue weighted by molar-refractivity contribution is -0.145. The Morgan fingerprint density at radius 2 is 2.04 bits per heavy atom. The van der Waals surface area contributed by atoms with Crippen LogP contribution in [-0.4, -0.2) is 47.2 Å². The Kier molecular flexibility index (Phi) is 8.36. The topological polar surface area (TPSA) is 68.2 Å². The van der Waals surface area contributed by atoms with Crippen LogP contribution < -0.4 is 4.74 Å². The number of aliphatic imine (C=N–C) groups is 1. The van der Waals surface area contributed by atoms with Crippen molar-refractivity contribution in [2.75, 3.05) is 13.2 Å². The van der Waals surface area contributed by atoms with Gasteiger partial charge in [-0.3, -0.25) is 14.7 Å². The summed E-state index contributed by atoms with van der Waals surface area (Å²) >= 11 is 3.55. The molecule has 0 spiro atoms. The first-order valence-electron chi connectivity index (χ1n) is 9.11. The van der Waals surface area contributed by atoms with E-state index in [1.165, 1.54) is 11.8 Å². The molecule has 0 atom stereocenters. The number of hydrogen-bond donors (Lipinski definition) is 0. The van der Waals surface area contributed by atoms with Crippen LogP contribution in [0.15, 0.2) is 28.1 Å². The van der Waals surface area contributed by atoms with Gasteiger partial charge >= 0.3 is 5.97 Å². The molecular weight excluding hydrogens is 491 g/mol. The van der Waals surface area contributed by atoms with E-state index < -0.39 is 5.97 Å². The number of amidine groups is 1. The fourth-order valence-corrected chi connectivity index (χ4v) is 4.40. The lowest BCUT2D eigenvalue weighted by Crippen LogP contribution is -2.35. The number of benzene rings is 1. The molecule has 152 valence electrons. The highest BCUT2D eigenvalue weighted by molar-refractivity contribution is 14.1. The number of ether oxygens (including phenoxy) is 2. The number of amides is 1. The quantitative estimate of drug-likeness (QED) is 0.307. The summed E-state index contributed by atoms with van der Waals surface area (Å²) in [6.07, 6.45) is 1.86. The monoisotopic (exact) mass is 516 g/mol. The lowest BCUT2D eigenvalue weighted by Gasteiger charge is -2.20. The smallest absolute Gasteiger partial charge is 0.344 e. The minimum atomic E-state index is -0.400. The molecule has 2 rings (SSSR count). The van der Waals surface area contributed by atoms with E-state index in [1.54, 1.807) is 17.9 Å². The molecule has 1 fully saturated rings. The van der Waals surface area contributed by atoms with E-state index in [-0.39, 0.29) is 24.6 Å².